The maximum Gasteiger partial charge on any atom is 0.142 e. The minimum absolute atomic E-state index is 0.348. The zero-order valence-electron chi connectivity index (χ0n) is 11.9. The molecule has 1 unspecified atom stereocenters. The lowest BCUT2D eigenvalue weighted by Gasteiger charge is -2.28. The summed E-state index contributed by atoms with van der Waals surface area (Å²) >= 11 is 0. The van der Waals surface area contributed by atoms with Crippen LogP contribution in [0.15, 0.2) is 24.3 Å². The van der Waals surface area contributed by atoms with Gasteiger partial charge in [0, 0.05) is 26.2 Å². The molecule has 1 aliphatic rings. The maximum atomic E-state index is 5.79. The Labute approximate surface area is 115 Å². The highest BCUT2D eigenvalue weighted by Crippen LogP contribution is 2.30. The molecule has 0 amide bonds. The molecule has 1 aromatic rings. The number of rotatable bonds is 6. The molecule has 106 valence electrons. The largest absolute Gasteiger partial charge is 0.491 e. The fraction of sp³-hybridized carbons (Fsp3) is 0.600. The molecule has 0 aromatic heterocycles. The van der Waals surface area contributed by atoms with E-state index in [-0.39, 0.29) is 0 Å². The van der Waals surface area contributed by atoms with Crippen molar-refractivity contribution in [1.29, 1.82) is 0 Å². The Kier molecular flexibility index (Phi) is 5.48. The van der Waals surface area contributed by atoms with E-state index in [1.807, 2.05) is 12.1 Å². The lowest BCUT2D eigenvalue weighted by atomic mass is 10.2. The number of methoxy groups -OCH3 is 1. The first-order chi connectivity index (χ1) is 9.35. The second-order valence-electron chi connectivity index (χ2n) is 4.83. The first kappa shape index (κ1) is 14.2. The van der Waals surface area contributed by atoms with E-state index in [0.717, 1.165) is 45.0 Å². The van der Waals surface area contributed by atoms with Gasteiger partial charge in [-0.15, -0.1) is 0 Å². The Morgan fingerprint density at radius 2 is 2.26 bits per heavy atom. The molecule has 1 atom stereocenters. The molecule has 2 rings (SSSR count). The molecule has 1 aromatic carbocycles. The Morgan fingerprint density at radius 3 is 3.05 bits per heavy atom. The average molecular weight is 264 g/mol. The lowest BCUT2D eigenvalue weighted by molar-refractivity contribution is 0.168. The van der Waals surface area contributed by atoms with Crippen molar-refractivity contribution in [3.8, 4) is 5.75 Å². The van der Waals surface area contributed by atoms with Crippen molar-refractivity contribution in [2.45, 2.75) is 19.4 Å². The van der Waals surface area contributed by atoms with Gasteiger partial charge >= 0.3 is 0 Å². The molecule has 0 fully saturated rings. The van der Waals surface area contributed by atoms with Gasteiger partial charge in [-0.05, 0) is 25.1 Å². The molecular formula is C15H24N2O2. The summed E-state index contributed by atoms with van der Waals surface area (Å²) in [6.07, 6.45) is 1.06. The fourth-order valence-corrected chi connectivity index (χ4v) is 2.52. The third kappa shape index (κ3) is 3.85. The van der Waals surface area contributed by atoms with E-state index in [1.165, 1.54) is 5.69 Å². The monoisotopic (exact) mass is 264 g/mol. The molecular weight excluding hydrogens is 240 g/mol. The average Bonchev–Trinajstić information content (AvgIpc) is 2.62. The third-order valence-corrected chi connectivity index (χ3v) is 3.34. The highest BCUT2D eigenvalue weighted by molar-refractivity contribution is 5.59. The van der Waals surface area contributed by atoms with Crippen LogP contribution in [0.5, 0.6) is 5.75 Å². The van der Waals surface area contributed by atoms with Crippen LogP contribution in [0.4, 0.5) is 5.69 Å². The molecule has 0 saturated carbocycles. The van der Waals surface area contributed by atoms with E-state index in [1.54, 1.807) is 7.11 Å². The zero-order valence-corrected chi connectivity index (χ0v) is 11.9. The summed E-state index contributed by atoms with van der Waals surface area (Å²) in [5, 5.41) is 3.47. The highest BCUT2D eigenvalue weighted by Gasteiger charge is 2.19. The van der Waals surface area contributed by atoms with E-state index >= 15 is 0 Å². The summed E-state index contributed by atoms with van der Waals surface area (Å²) in [4.78, 5) is 2.40. The molecule has 4 heteroatoms. The normalized spacial score (nSPS) is 16.4. The third-order valence-electron chi connectivity index (χ3n) is 3.34. The van der Waals surface area contributed by atoms with Crippen molar-refractivity contribution in [2.24, 2.45) is 0 Å². The number of ether oxygens (including phenoxy) is 2. The summed E-state index contributed by atoms with van der Waals surface area (Å²) in [6, 6.07) is 8.63. The first-order valence-electron chi connectivity index (χ1n) is 7.04. The SMILES string of the molecule is CCNC(COC)CN1CCCOc2ccccc21. The van der Waals surface area contributed by atoms with Crippen LogP contribution in [0.3, 0.4) is 0 Å². The number of para-hydroxylation sites is 2. The summed E-state index contributed by atoms with van der Waals surface area (Å²) < 4.78 is 11.1. The maximum absolute atomic E-state index is 5.79. The first-order valence-corrected chi connectivity index (χ1v) is 7.04. The van der Waals surface area contributed by atoms with Gasteiger partial charge in [0.05, 0.1) is 18.9 Å². The van der Waals surface area contributed by atoms with Crippen LogP contribution in [-0.2, 0) is 4.74 Å². The van der Waals surface area contributed by atoms with Crippen LogP contribution in [0, 0.1) is 0 Å². The van der Waals surface area contributed by atoms with Crippen molar-refractivity contribution >= 4 is 5.69 Å². The van der Waals surface area contributed by atoms with Gasteiger partial charge in [0.25, 0.3) is 0 Å². The molecule has 0 radical (unpaired) electrons. The van der Waals surface area contributed by atoms with E-state index in [9.17, 15) is 0 Å². The van der Waals surface area contributed by atoms with E-state index in [4.69, 9.17) is 9.47 Å². The smallest absolute Gasteiger partial charge is 0.142 e. The van der Waals surface area contributed by atoms with Crippen LogP contribution in [-0.4, -0.2) is 46.0 Å². The lowest BCUT2D eigenvalue weighted by Crippen LogP contribution is -2.44. The van der Waals surface area contributed by atoms with Gasteiger partial charge < -0.3 is 19.7 Å². The molecule has 1 N–H and O–H groups in total. The van der Waals surface area contributed by atoms with Gasteiger partial charge in [0.1, 0.15) is 5.75 Å². The highest BCUT2D eigenvalue weighted by atomic mass is 16.5. The molecule has 19 heavy (non-hydrogen) atoms. The Morgan fingerprint density at radius 1 is 1.42 bits per heavy atom. The number of fused-ring (bicyclic) bond motifs is 1. The minimum Gasteiger partial charge on any atom is -0.491 e. The number of nitrogens with one attached hydrogen (secondary N) is 1. The van der Waals surface area contributed by atoms with Crippen LogP contribution in [0.25, 0.3) is 0 Å². The van der Waals surface area contributed by atoms with Crippen LogP contribution < -0.4 is 15.0 Å². The van der Waals surface area contributed by atoms with Gasteiger partial charge in [-0.1, -0.05) is 19.1 Å². The second kappa shape index (κ2) is 7.36. The summed E-state index contributed by atoms with van der Waals surface area (Å²) in [5.74, 6) is 0.993. The quantitative estimate of drug-likeness (QED) is 0.851. The van der Waals surface area contributed by atoms with Crippen LogP contribution in [0.2, 0.25) is 0 Å². The van der Waals surface area contributed by atoms with Crippen LogP contribution in [0.1, 0.15) is 13.3 Å². The molecule has 1 aliphatic heterocycles. The van der Waals surface area contributed by atoms with Gasteiger partial charge in [0.15, 0.2) is 0 Å². The molecule has 0 aliphatic carbocycles. The number of hydrogen-bond donors (Lipinski definition) is 1. The predicted molar refractivity (Wildman–Crippen MR) is 78.1 cm³/mol. The van der Waals surface area contributed by atoms with E-state index in [0.29, 0.717) is 6.04 Å². The topological polar surface area (TPSA) is 33.7 Å². The van der Waals surface area contributed by atoms with Gasteiger partial charge in [-0.3, -0.25) is 0 Å². The van der Waals surface area contributed by atoms with Crippen molar-refractivity contribution in [2.75, 3.05) is 44.9 Å². The van der Waals surface area contributed by atoms with Crippen molar-refractivity contribution in [3.63, 3.8) is 0 Å². The number of nitrogens with zero attached hydrogens (tertiary/aromatic N) is 1. The number of anilines is 1. The summed E-state index contributed by atoms with van der Waals surface area (Å²) in [7, 11) is 1.75. The number of benzene rings is 1. The molecule has 0 spiro atoms. The molecule has 4 nitrogen and oxygen atoms in total. The Bertz CT molecular complexity index is 378. The summed E-state index contributed by atoms with van der Waals surface area (Å²) in [6.45, 7) is 6.59. The predicted octanol–water partition coefficient (Wildman–Crippen LogP) is 1.90. The minimum atomic E-state index is 0.348. The summed E-state index contributed by atoms with van der Waals surface area (Å²) in [5.41, 5.74) is 1.19. The van der Waals surface area contributed by atoms with E-state index in [2.05, 4.69) is 29.3 Å². The van der Waals surface area contributed by atoms with Gasteiger partial charge in [-0.2, -0.15) is 0 Å². The Balaban J connectivity index is 2.10. The Hall–Kier alpha value is -1.26. The zero-order chi connectivity index (χ0) is 13.5. The number of hydrogen-bond acceptors (Lipinski definition) is 4. The van der Waals surface area contributed by atoms with Crippen LogP contribution >= 0.6 is 0 Å². The van der Waals surface area contributed by atoms with E-state index < -0.39 is 0 Å². The van der Waals surface area contributed by atoms with Gasteiger partial charge in [0.2, 0.25) is 0 Å². The number of likely N-dealkylation sites (N-methyl/N-ethyl adjacent to an activating group) is 1. The van der Waals surface area contributed by atoms with Crippen molar-refractivity contribution < 1.29 is 9.47 Å². The standard InChI is InChI=1S/C15H24N2O2/c1-3-16-13(12-18-2)11-17-9-6-10-19-15-8-5-4-7-14(15)17/h4-5,7-8,13,16H,3,6,9-12H2,1-2H3. The molecule has 0 saturated heterocycles. The molecule has 0 bridgehead atoms. The fourth-order valence-electron chi connectivity index (χ4n) is 2.52. The second-order valence-corrected chi connectivity index (χ2v) is 4.83. The van der Waals surface area contributed by atoms with Gasteiger partial charge in [-0.25, -0.2) is 0 Å². The van der Waals surface area contributed by atoms with Crippen molar-refractivity contribution in [1.82, 2.24) is 5.32 Å². The molecule has 1 heterocycles. The van der Waals surface area contributed by atoms with Crippen molar-refractivity contribution in [3.05, 3.63) is 24.3 Å².